The SMILES string of the molecule is CCCNCc1ncoc1-c1ccc(Br)c(C(F)(F)F)c1. The molecule has 3 nitrogen and oxygen atoms in total. The second-order valence-electron chi connectivity index (χ2n) is 4.50. The number of nitrogens with zero attached hydrogens (tertiary/aromatic N) is 1. The predicted octanol–water partition coefficient (Wildman–Crippen LogP) is 4.62. The lowest BCUT2D eigenvalue weighted by atomic mass is 10.1. The molecule has 0 aliphatic heterocycles. The van der Waals surface area contributed by atoms with Gasteiger partial charge in [0.1, 0.15) is 5.69 Å². The topological polar surface area (TPSA) is 38.1 Å². The van der Waals surface area contributed by atoms with E-state index in [1.54, 1.807) is 6.07 Å². The van der Waals surface area contributed by atoms with Gasteiger partial charge in [-0.2, -0.15) is 13.2 Å². The summed E-state index contributed by atoms with van der Waals surface area (Å²) >= 11 is 2.92. The van der Waals surface area contributed by atoms with Crippen LogP contribution in [0.5, 0.6) is 0 Å². The van der Waals surface area contributed by atoms with Gasteiger partial charge in [0, 0.05) is 16.6 Å². The van der Waals surface area contributed by atoms with Gasteiger partial charge in [0.05, 0.1) is 5.56 Å². The molecule has 1 heterocycles. The summed E-state index contributed by atoms with van der Waals surface area (Å²) in [5, 5.41) is 3.15. The third-order valence-corrected chi connectivity index (χ3v) is 3.59. The quantitative estimate of drug-likeness (QED) is 0.788. The van der Waals surface area contributed by atoms with Crippen molar-refractivity contribution in [1.29, 1.82) is 0 Å². The largest absolute Gasteiger partial charge is 0.443 e. The highest BCUT2D eigenvalue weighted by Gasteiger charge is 2.33. The molecule has 0 aliphatic rings. The first-order chi connectivity index (χ1) is 9.93. The summed E-state index contributed by atoms with van der Waals surface area (Å²) in [5.74, 6) is 0.358. The van der Waals surface area contributed by atoms with Gasteiger partial charge in [0.25, 0.3) is 0 Å². The first kappa shape index (κ1) is 16.0. The van der Waals surface area contributed by atoms with E-state index in [2.05, 4.69) is 26.2 Å². The Morgan fingerprint density at radius 3 is 2.76 bits per heavy atom. The number of halogens is 4. The molecule has 114 valence electrons. The van der Waals surface area contributed by atoms with Crippen molar-refractivity contribution in [3.05, 3.63) is 40.3 Å². The van der Waals surface area contributed by atoms with Crippen molar-refractivity contribution in [2.45, 2.75) is 26.1 Å². The molecule has 1 N–H and O–H groups in total. The summed E-state index contributed by atoms with van der Waals surface area (Å²) in [6.07, 6.45) is -2.22. The molecule has 1 aromatic carbocycles. The Bertz CT molecular complexity index is 611. The Kier molecular flexibility index (Phi) is 5.05. The second kappa shape index (κ2) is 6.62. The Balaban J connectivity index is 2.33. The van der Waals surface area contributed by atoms with E-state index in [1.807, 2.05) is 6.92 Å². The van der Waals surface area contributed by atoms with E-state index in [1.165, 1.54) is 12.5 Å². The average Bonchev–Trinajstić information content (AvgIpc) is 2.87. The van der Waals surface area contributed by atoms with E-state index < -0.39 is 11.7 Å². The van der Waals surface area contributed by atoms with Crippen LogP contribution in [0.25, 0.3) is 11.3 Å². The lowest BCUT2D eigenvalue weighted by molar-refractivity contribution is -0.138. The fourth-order valence-corrected chi connectivity index (χ4v) is 2.37. The van der Waals surface area contributed by atoms with Crippen LogP contribution in [-0.2, 0) is 12.7 Å². The summed E-state index contributed by atoms with van der Waals surface area (Å²) in [5.41, 5.74) is 0.221. The van der Waals surface area contributed by atoms with Gasteiger partial charge in [0.2, 0.25) is 0 Å². The molecule has 0 atom stereocenters. The third kappa shape index (κ3) is 3.85. The van der Waals surface area contributed by atoms with Gasteiger partial charge in [-0.25, -0.2) is 4.98 Å². The minimum Gasteiger partial charge on any atom is -0.443 e. The maximum absolute atomic E-state index is 12.9. The molecule has 7 heteroatoms. The van der Waals surface area contributed by atoms with Crippen LogP contribution in [0, 0.1) is 0 Å². The van der Waals surface area contributed by atoms with Crippen molar-refractivity contribution in [3.63, 3.8) is 0 Å². The van der Waals surface area contributed by atoms with E-state index in [0.717, 1.165) is 19.0 Å². The minimum atomic E-state index is -4.42. The lowest BCUT2D eigenvalue weighted by Gasteiger charge is -2.10. The molecule has 0 amide bonds. The molecule has 0 radical (unpaired) electrons. The maximum Gasteiger partial charge on any atom is 0.417 e. The molecular formula is C14H14BrF3N2O. The molecule has 0 fully saturated rings. The monoisotopic (exact) mass is 362 g/mol. The van der Waals surface area contributed by atoms with E-state index in [0.29, 0.717) is 23.6 Å². The minimum absolute atomic E-state index is 0.00363. The van der Waals surface area contributed by atoms with Crippen LogP contribution in [0.1, 0.15) is 24.6 Å². The molecule has 0 bridgehead atoms. The van der Waals surface area contributed by atoms with Crippen LogP contribution in [0.3, 0.4) is 0 Å². The first-order valence-electron chi connectivity index (χ1n) is 6.43. The first-order valence-corrected chi connectivity index (χ1v) is 7.23. The van der Waals surface area contributed by atoms with Crippen LogP contribution >= 0.6 is 15.9 Å². The number of hydrogen-bond donors (Lipinski definition) is 1. The lowest BCUT2D eigenvalue weighted by Crippen LogP contribution is -2.14. The molecular weight excluding hydrogens is 349 g/mol. The van der Waals surface area contributed by atoms with Crippen LogP contribution in [0.15, 0.2) is 33.5 Å². The van der Waals surface area contributed by atoms with Crippen molar-refractivity contribution in [1.82, 2.24) is 10.3 Å². The van der Waals surface area contributed by atoms with Gasteiger partial charge < -0.3 is 9.73 Å². The number of alkyl halides is 3. The zero-order chi connectivity index (χ0) is 15.5. The van der Waals surface area contributed by atoms with Crippen molar-refractivity contribution < 1.29 is 17.6 Å². The maximum atomic E-state index is 12.9. The molecule has 0 saturated carbocycles. The van der Waals surface area contributed by atoms with Crippen LogP contribution < -0.4 is 5.32 Å². The van der Waals surface area contributed by atoms with Crippen molar-refractivity contribution in [3.8, 4) is 11.3 Å². The Labute approximate surface area is 128 Å². The summed E-state index contributed by atoms with van der Waals surface area (Å²) in [6, 6.07) is 4.00. The predicted molar refractivity (Wildman–Crippen MR) is 76.6 cm³/mol. The van der Waals surface area contributed by atoms with Gasteiger partial charge in [-0.15, -0.1) is 0 Å². The molecule has 0 saturated heterocycles. The number of rotatable bonds is 5. The highest BCUT2D eigenvalue weighted by molar-refractivity contribution is 9.10. The van der Waals surface area contributed by atoms with Crippen molar-refractivity contribution in [2.75, 3.05) is 6.54 Å². The van der Waals surface area contributed by atoms with E-state index >= 15 is 0 Å². The summed E-state index contributed by atoms with van der Waals surface area (Å²) in [6.45, 7) is 3.29. The zero-order valence-corrected chi connectivity index (χ0v) is 12.9. The van der Waals surface area contributed by atoms with Crippen LogP contribution in [0.2, 0.25) is 0 Å². The summed E-state index contributed by atoms with van der Waals surface area (Å²) in [4.78, 5) is 4.06. The molecule has 0 spiro atoms. The van der Waals surface area contributed by atoms with Gasteiger partial charge in [-0.1, -0.05) is 28.9 Å². The number of nitrogens with one attached hydrogen (secondary N) is 1. The molecule has 2 rings (SSSR count). The van der Waals surface area contributed by atoms with E-state index in [4.69, 9.17) is 4.42 Å². The van der Waals surface area contributed by atoms with Gasteiger partial charge >= 0.3 is 6.18 Å². The standard InChI is InChI=1S/C14H14BrF3N2O/c1-2-5-19-7-12-13(21-8-20-12)9-3-4-11(15)10(6-9)14(16,17)18/h3-4,6,8,19H,2,5,7H2,1H3. The number of benzene rings is 1. The number of oxazole rings is 1. The Morgan fingerprint density at radius 1 is 1.33 bits per heavy atom. The fourth-order valence-electron chi connectivity index (χ4n) is 1.90. The van der Waals surface area contributed by atoms with Crippen molar-refractivity contribution >= 4 is 15.9 Å². The second-order valence-corrected chi connectivity index (χ2v) is 5.35. The van der Waals surface area contributed by atoms with Gasteiger partial charge in [-0.3, -0.25) is 0 Å². The van der Waals surface area contributed by atoms with E-state index in [-0.39, 0.29) is 4.47 Å². The van der Waals surface area contributed by atoms with E-state index in [9.17, 15) is 13.2 Å². The summed E-state index contributed by atoms with van der Waals surface area (Å²) < 4.78 is 44.1. The van der Waals surface area contributed by atoms with Crippen LogP contribution in [-0.4, -0.2) is 11.5 Å². The average molecular weight is 363 g/mol. The molecule has 0 aliphatic carbocycles. The van der Waals surface area contributed by atoms with Gasteiger partial charge in [0.15, 0.2) is 12.2 Å². The normalized spacial score (nSPS) is 11.9. The molecule has 1 aromatic heterocycles. The highest BCUT2D eigenvalue weighted by Crippen LogP contribution is 2.37. The fraction of sp³-hybridized carbons (Fsp3) is 0.357. The Hall–Kier alpha value is -1.34. The number of hydrogen-bond acceptors (Lipinski definition) is 3. The third-order valence-electron chi connectivity index (χ3n) is 2.89. The number of aromatic nitrogens is 1. The molecule has 21 heavy (non-hydrogen) atoms. The molecule has 2 aromatic rings. The van der Waals surface area contributed by atoms with Crippen LogP contribution in [0.4, 0.5) is 13.2 Å². The summed E-state index contributed by atoms with van der Waals surface area (Å²) in [7, 11) is 0. The highest BCUT2D eigenvalue weighted by atomic mass is 79.9. The Morgan fingerprint density at radius 2 is 2.10 bits per heavy atom. The molecule has 0 unspecified atom stereocenters. The smallest absolute Gasteiger partial charge is 0.417 e. The van der Waals surface area contributed by atoms with Crippen molar-refractivity contribution in [2.24, 2.45) is 0 Å². The zero-order valence-electron chi connectivity index (χ0n) is 11.3. The van der Waals surface area contributed by atoms with Gasteiger partial charge in [-0.05, 0) is 25.1 Å².